The van der Waals surface area contributed by atoms with Crippen LogP contribution in [-0.4, -0.2) is 17.5 Å². The highest BCUT2D eigenvalue weighted by molar-refractivity contribution is 5.71. The molecule has 4 heteroatoms. The summed E-state index contributed by atoms with van der Waals surface area (Å²) in [5.41, 5.74) is 1.66. The third-order valence-electron chi connectivity index (χ3n) is 2.19. The van der Waals surface area contributed by atoms with Crippen LogP contribution < -0.4 is 5.32 Å². The van der Waals surface area contributed by atoms with Crippen molar-refractivity contribution in [3.63, 3.8) is 0 Å². The molecule has 0 saturated heterocycles. The molecule has 0 bridgehead atoms. The Morgan fingerprint density at radius 3 is 2.53 bits per heavy atom. The summed E-state index contributed by atoms with van der Waals surface area (Å²) >= 11 is 0. The van der Waals surface area contributed by atoms with Crippen LogP contribution in [0.25, 0.3) is 0 Å². The summed E-state index contributed by atoms with van der Waals surface area (Å²) < 4.78 is 0. The van der Waals surface area contributed by atoms with E-state index in [0.717, 1.165) is 5.56 Å². The molecule has 1 aromatic carbocycles. The van der Waals surface area contributed by atoms with Crippen LogP contribution in [0.5, 0.6) is 0 Å². The van der Waals surface area contributed by atoms with Crippen LogP contribution in [0.3, 0.4) is 0 Å². The molecule has 1 rings (SSSR count). The van der Waals surface area contributed by atoms with Crippen molar-refractivity contribution >= 4 is 18.1 Å². The first-order valence-corrected chi connectivity index (χ1v) is 4.65. The van der Waals surface area contributed by atoms with E-state index >= 15 is 0 Å². The highest BCUT2D eigenvalue weighted by Crippen LogP contribution is 2.20. The maximum absolute atomic E-state index is 10.5. The van der Waals surface area contributed by atoms with Gasteiger partial charge in [-0.2, -0.15) is 0 Å². The van der Waals surface area contributed by atoms with Gasteiger partial charge in [0, 0.05) is 5.69 Å². The number of hydrogen-bond acceptors (Lipinski definition) is 2. The number of carboxylic acids is 1. The van der Waals surface area contributed by atoms with Crippen molar-refractivity contribution in [3.8, 4) is 0 Å². The highest BCUT2D eigenvalue weighted by Gasteiger charge is 2.09. The summed E-state index contributed by atoms with van der Waals surface area (Å²) in [7, 11) is 0. The van der Waals surface area contributed by atoms with E-state index in [1.807, 2.05) is 19.1 Å². The van der Waals surface area contributed by atoms with E-state index in [1.165, 1.54) is 0 Å². The Morgan fingerprint density at radius 1 is 1.47 bits per heavy atom. The topological polar surface area (TPSA) is 66.4 Å². The number of carboxylic acid groups (broad SMARTS) is 1. The van der Waals surface area contributed by atoms with Crippen LogP contribution >= 0.6 is 0 Å². The average Bonchev–Trinajstić information content (AvgIpc) is 2.18. The maximum Gasteiger partial charge on any atom is 0.303 e. The second-order valence-corrected chi connectivity index (χ2v) is 3.38. The van der Waals surface area contributed by atoms with E-state index in [1.54, 1.807) is 12.1 Å². The van der Waals surface area contributed by atoms with Crippen molar-refractivity contribution in [2.75, 3.05) is 5.32 Å². The lowest BCUT2D eigenvalue weighted by Crippen LogP contribution is -2.03. The number of amides is 1. The second-order valence-electron chi connectivity index (χ2n) is 3.38. The molecule has 0 heterocycles. The third-order valence-corrected chi connectivity index (χ3v) is 2.19. The van der Waals surface area contributed by atoms with Gasteiger partial charge in [-0.3, -0.25) is 9.59 Å². The molecule has 0 radical (unpaired) electrons. The molecule has 0 spiro atoms. The van der Waals surface area contributed by atoms with Gasteiger partial charge >= 0.3 is 5.97 Å². The molecule has 4 nitrogen and oxygen atoms in total. The Balaban J connectivity index is 2.70. The first-order valence-electron chi connectivity index (χ1n) is 4.65. The standard InChI is InChI=1S/C11H13NO3/c1-8(6-11(14)15)9-2-4-10(5-3-9)12-7-13/h2-5,7-8H,6H2,1H3,(H,12,13)(H,14,15). The molecule has 0 saturated carbocycles. The van der Waals surface area contributed by atoms with Gasteiger partial charge in [-0.05, 0) is 23.6 Å². The zero-order valence-corrected chi connectivity index (χ0v) is 8.43. The maximum atomic E-state index is 10.5. The van der Waals surface area contributed by atoms with Crippen molar-refractivity contribution in [2.24, 2.45) is 0 Å². The lowest BCUT2D eigenvalue weighted by Gasteiger charge is -2.09. The summed E-state index contributed by atoms with van der Waals surface area (Å²) in [5.74, 6) is -0.828. The molecule has 80 valence electrons. The third kappa shape index (κ3) is 3.42. The van der Waals surface area contributed by atoms with Gasteiger partial charge in [0.1, 0.15) is 0 Å². The predicted octanol–water partition coefficient (Wildman–Crippen LogP) is 1.83. The molecule has 1 unspecified atom stereocenters. The van der Waals surface area contributed by atoms with Gasteiger partial charge in [0.2, 0.25) is 6.41 Å². The molecule has 1 aromatic rings. The minimum atomic E-state index is -0.808. The summed E-state index contributed by atoms with van der Waals surface area (Å²) in [4.78, 5) is 20.6. The van der Waals surface area contributed by atoms with Crippen molar-refractivity contribution in [1.82, 2.24) is 0 Å². The lowest BCUT2D eigenvalue weighted by molar-refractivity contribution is -0.137. The predicted molar refractivity (Wildman–Crippen MR) is 56.8 cm³/mol. The number of hydrogen-bond donors (Lipinski definition) is 2. The molecule has 0 fully saturated rings. The Morgan fingerprint density at radius 2 is 2.07 bits per heavy atom. The molecule has 0 aliphatic rings. The number of rotatable bonds is 5. The zero-order valence-electron chi connectivity index (χ0n) is 8.43. The van der Waals surface area contributed by atoms with Crippen LogP contribution in [-0.2, 0) is 9.59 Å². The molecule has 15 heavy (non-hydrogen) atoms. The van der Waals surface area contributed by atoms with E-state index < -0.39 is 5.97 Å². The van der Waals surface area contributed by atoms with Crippen molar-refractivity contribution < 1.29 is 14.7 Å². The Hall–Kier alpha value is -1.84. The monoisotopic (exact) mass is 207 g/mol. The lowest BCUT2D eigenvalue weighted by atomic mass is 9.98. The van der Waals surface area contributed by atoms with E-state index in [-0.39, 0.29) is 12.3 Å². The average molecular weight is 207 g/mol. The van der Waals surface area contributed by atoms with Gasteiger partial charge in [0.15, 0.2) is 0 Å². The number of benzene rings is 1. The fourth-order valence-corrected chi connectivity index (χ4v) is 1.36. The van der Waals surface area contributed by atoms with E-state index in [9.17, 15) is 9.59 Å². The van der Waals surface area contributed by atoms with Crippen molar-refractivity contribution in [1.29, 1.82) is 0 Å². The Bertz CT molecular complexity index is 345. The molecule has 0 aliphatic heterocycles. The number of carbonyl (C=O) groups is 2. The van der Waals surface area contributed by atoms with Gasteiger partial charge in [0.25, 0.3) is 0 Å². The van der Waals surface area contributed by atoms with Crippen LogP contribution in [0.4, 0.5) is 5.69 Å². The molecule has 1 amide bonds. The summed E-state index contributed by atoms with van der Waals surface area (Å²) in [5, 5.41) is 11.1. The highest BCUT2D eigenvalue weighted by atomic mass is 16.4. The fraction of sp³-hybridized carbons (Fsp3) is 0.273. The Kier molecular flexibility index (Phi) is 3.85. The van der Waals surface area contributed by atoms with E-state index in [0.29, 0.717) is 12.1 Å². The van der Waals surface area contributed by atoms with E-state index in [2.05, 4.69) is 5.32 Å². The molecule has 0 aliphatic carbocycles. The van der Waals surface area contributed by atoms with Crippen LogP contribution in [0.1, 0.15) is 24.8 Å². The largest absolute Gasteiger partial charge is 0.481 e. The van der Waals surface area contributed by atoms with Crippen molar-refractivity contribution in [2.45, 2.75) is 19.3 Å². The van der Waals surface area contributed by atoms with Gasteiger partial charge in [-0.1, -0.05) is 19.1 Å². The Labute approximate surface area is 87.9 Å². The molecular formula is C11H13NO3. The number of nitrogens with one attached hydrogen (secondary N) is 1. The second kappa shape index (κ2) is 5.14. The fourth-order valence-electron chi connectivity index (χ4n) is 1.36. The minimum Gasteiger partial charge on any atom is -0.481 e. The first kappa shape index (κ1) is 11.2. The van der Waals surface area contributed by atoms with Gasteiger partial charge < -0.3 is 10.4 Å². The number of aliphatic carboxylic acids is 1. The van der Waals surface area contributed by atoms with Crippen LogP contribution in [0.15, 0.2) is 24.3 Å². The first-order chi connectivity index (χ1) is 7.13. The molecular weight excluding hydrogens is 194 g/mol. The zero-order chi connectivity index (χ0) is 11.3. The van der Waals surface area contributed by atoms with Crippen molar-refractivity contribution in [3.05, 3.63) is 29.8 Å². The molecule has 2 N–H and O–H groups in total. The molecule has 0 aromatic heterocycles. The van der Waals surface area contributed by atoms with Gasteiger partial charge in [-0.15, -0.1) is 0 Å². The number of anilines is 1. The smallest absolute Gasteiger partial charge is 0.303 e. The normalized spacial score (nSPS) is 11.8. The van der Waals surface area contributed by atoms with Gasteiger partial charge in [-0.25, -0.2) is 0 Å². The van der Waals surface area contributed by atoms with E-state index in [4.69, 9.17) is 5.11 Å². The van der Waals surface area contributed by atoms with Gasteiger partial charge in [0.05, 0.1) is 6.42 Å². The van der Waals surface area contributed by atoms with Crippen LogP contribution in [0.2, 0.25) is 0 Å². The summed E-state index contributed by atoms with van der Waals surface area (Å²) in [6.45, 7) is 1.86. The summed E-state index contributed by atoms with van der Waals surface area (Å²) in [6.07, 6.45) is 0.718. The SMILES string of the molecule is CC(CC(=O)O)c1ccc(NC=O)cc1. The quantitative estimate of drug-likeness (QED) is 0.724. The summed E-state index contributed by atoms with van der Waals surface area (Å²) in [6, 6.07) is 7.14. The number of carbonyl (C=O) groups excluding carboxylic acids is 1. The minimum absolute atomic E-state index is 0.0206. The molecule has 1 atom stereocenters. The van der Waals surface area contributed by atoms with Crippen LogP contribution in [0, 0.1) is 0 Å².